The lowest BCUT2D eigenvalue weighted by Gasteiger charge is -2.21. The number of hydrogen-bond acceptors (Lipinski definition) is 2. The van der Waals surface area contributed by atoms with E-state index in [4.69, 9.17) is 0 Å². The van der Waals surface area contributed by atoms with Crippen LogP contribution in [0.3, 0.4) is 0 Å². The van der Waals surface area contributed by atoms with Gasteiger partial charge in [0.15, 0.2) is 0 Å². The molecule has 5 nitrogen and oxygen atoms in total. The van der Waals surface area contributed by atoms with Crippen LogP contribution >= 0.6 is 0 Å². The molecular formula is C17H24FN3O2. The third kappa shape index (κ3) is 5.23. The lowest BCUT2D eigenvalue weighted by molar-refractivity contribution is -0.120. The van der Waals surface area contributed by atoms with E-state index in [0.717, 1.165) is 38.5 Å². The quantitative estimate of drug-likeness (QED) is 0.770. The summed E-state index contributed by atoms with van der Waals surface area (Å²) in [5.41, 5.74) is 0.549. The molecule has 0 aromatic heterocycles. The van der Waals surface area contributed by atoms with Crippen LogP contribution in [0.2, 0.25) is 0 Å². The van der Waals surface area contributed by atoms with E-state index in [-0.39, 0.29) is 23.5 Å². The Morgan fingerprint density at radius 1 is 1.17 bits per heavy atom. The summed E-state index contributed by atoms with van der Waals surface area (Å²) in [6, 6.07) is 3.81. The molecular weight excluding hydrogens is 297 g/mol. The van der Waals surface area contributed by atoms with Crippen LogP contribution in [0, 0.1) is 11.7 Å². The first-order valence-corrected chi connectivity index (χ1v) is 8.25. The molecule has 3 amide bonds. The number of amides is 3. The second-order valence-electron chi connectivity index (χ2n) is 5.90. The van der Waals surface area contributed by atoms with Gasteiger partial charge in [-0.25, -0.2) is 9.18 Å². The van der Waals surface area contributed by atoms with Crippen LogP contribution in [-0.4, -0.2) is 18.5 Å². The third-order valence-electron chi connectivity index (χ3n) is 3.99. The van der Waals surface area contributed by atoms with Crippen LogP contribution in [0.5, 0.6) is 0 Å². The van der Waals surface area contributed by atoms with Crippen molar-refractivity contribution in [2.75, 3.05) is 17.2 Å². The topological polar surface area (TPSA) is 70.2 Å². The molecule has 0 atom stereocenters. The Labute approximate surface area is 136 Å². The van der Waals surface area contributed by atoms with Gasteiger partial charge in [0.2, 0.25) is 5.91 Å². The van der Waals surface area contributed by atoms with Crippen LogP contribution < -0.4 is 16.0 Å². The van der Waals surface area contributed by atoms with Crippen LogP contribution in [0.1, 0.15) is 45.4 Å². The molecule has 2 rings (SSSR count). The molecule has 0 heterocycles. The van der Waals surface area contributed by atoms with E-state index in [1.807, 2.05) is 6.92 Å². The fraction of sp³-hybridized carbons (Fsp3) is 0.529. The smallest absolute Gasteiger partial charge is 0.319 e. The lowest BCUT2D eigenvalue weighted by atomic mass is 9.88. The zero-order valence-corrected chi connectivity index (χ0v) is 13.5. The van der Waals surface area contributed by atoms with Gasteiger partial charge in [0, 0.05) is 18.2 Å². The van der Waals surface area contributed by atoms with Gasteiger partial charge in [-0.15, -0.1) is 0 Å². The Kier molecular flexibility index (Phi) is 6.38. The summed E-state index contributed by atoms with van der Waals surface area (Å²) in [4.78, 5) is 23.9. The minimum absolute atomic E-state index is 0.0485. The van der Waals surface area contributed by atoms with E-state index >= 15 is 0 Å². The molecule has 1 aromatic rings. The number of halogens is 1. The molecule has 1 fully saturated rings. The minimum atomic E-state index is -0.506. The lowest BCUT2D eigenvalue weighted by Crippen LogP contribution is -2.29. The Morgan fingerprint density at radius 2 is 1.91 bits per heavy atom. The molecule has 1 saturated carbocycles. The first-order chi connectivity index (χ1) is 11.1. The van der Waals surface area contributed by atoms with Crippen molar-refractivity contribution in [1.82, 2.24) is 5.32 Å². The van der Waals surface area contributed by atoms with E-state index < -0.39 is 5.82 Å². The number of nitrogens with one attached hydrogen (secondary N) is 3. The first-order valence-electron chi connectivity index (χ1n) is 8.25. The molecule has 0 saturated heterocycles. The van der Waals surface area contributed by atoms with Gasteiger partial charge in [0.05, 0.1) is 5.69 Å². The molecule has 1 aliphatic carbocycles. The highest BCUT2D eigenvalue weighted by atomic mass is 19.1. The normalized spacial score (nSPS) is 15.0. The molecule has 1 aromatic carbocycles. The second kappa shape index (κ2) is 8.50. The van der Waals surface area contributed by atoms with E-state index in [0.29, 0.717) is 12.2 Å². The van der Waals surface area contributed by atoms with Crippen molar-refractivity contribution in [2.24, 2.45) is 5.92 Å². The number of hydrogen-bond donors (Lipinski definition) is 3. The first kappa shape index (κ1) is 17.2. The Morgan fingerprint density at radius 3 is 2.61 bits per heavy atom. The number of benzene rings is 1. The molecule has 0 unspecified atom stereocenters. The summed E-state index contributed by atoms with van der Waals surface area (Å²) in [5.74, 6) is -0.697. The summed E-state index contributed by atoms with van der Waals surface area (Å²) in [7, 11) is 0. The van der Waals surface area contributed by atoms with Gasteiger partial charge < -0.3 is 16.0 Å². The predicted molar refractivity (Wildman–Crippen MR) is 88.9 cm³/mol. The molecule has 0 spiro atoms. The number of carbonyl (C=O) groups excluding carboxylic acids is 2. The predicted octanol–water partition coefficient (Wildman–Crippen LogP) is 3.88. The van der Waals surface area contributed by atoms with Crippen molar-refractivity contribution in [2.45, 2.75) is 45.4 Å². The van der Waals surface area contributed by atoms with Gasteiger partial charge >= 0.3 is 6.03 Å². The maximum atomic E-state index is 13.9. The summed E-state index contributed by atoms with van der Waals surface area (Å²) < 4.78 is 13.9. The summed E-state index contributed by atoms with van der Waals surface area (Å²) in [6.07, 6.45) is 5.78. The van der Waals surface area contributed by atoms with Gasteiger partial charge in [-0.1, -0.05) is 26.2 Å². The average molecular weight is 321 g/mol. The Balaban J connectivity index is 1.99. The van der Waals surface area contributed by atoms with Crippen molar-refractivity contribution < 1.29 is 14.0 Å². The van der Waals surface area contributed by atoms with Gasteiger partial charge in [-0.2, -0.15) is 0 Å². The minimum Gasteiger partial charge on any atom is -0.338 e. The standard InChI is InChI=1S/C17H24FN3O2/c1-2-10-19-17(23)20-13-8-9-14(18)15(11-13)21-16(22)12-6-4-3-5-7-12/h8-9,11-12H,2-7,10H2,1H3,(H,21,22)(H2,19,20,23). The summed E-state index contributed by atoms with van der Waals surface area (Å²) in [6.45, 7) is 2.52. The highest BCUT2D eigenvalue weighted by Gasteiger charge is 2.22. The van der Waals surface area contributed by atoms with Gasteiger partial charge in [0.25, 0.3) is 0 Å². The molecule has 1 aliphatic rings. The SMILES string of the molecule is CCCNC(=O)Nc1ccc(F)c(NC(=O)C2CCCCC2)c1. The van der Waals surface area contributed by atoms with E-state index in [1.165, 1.54) is 18.2 Å². The Bertz CT molecular complexity index is 557. The van der Waals surface area contributed by atoms with E-state index in [1.54, 1.807) is 0 Å². The van der Waals surface area contributed by atoms with Crippen molar-refractivity contribution in [3.8, 4) is 0 Å². The zero-order valence-electron chi connectivity index (χ0n) is 13.5. The van der Waals surface area contributed by atoms with Gasteiger partial charge in [-0.3, -0.25) is 4.79 Å². The third-order valence-corrected chi connectivity index (χ3v) is 3.99. The molecule has 3 N–H and O–H groups in total. The summed E-state index contributed by atoms with van der Waals surface area (Å²) in [5, 5.41) is 7.96. The highest BCUT2D eigenvalue weighted by Crippen LogP contribution is 2.26. The number of rotatable bonds is 5. The van der Waals surface area contributed by atoms with Crippen LogP contribution in [0.15, 0.2) is 18.2 Å². The van der Waals surface area contributed by atoms with E-state index in [9.17, 15) is 14.0 Å². The average Bonchev–Trinajstić information content (AvgIpc) is 2.56. The van der Waals surface area contributed by atoms with Crippen molar-refractivity contribution in [3.05, 3.63) is 24.0 Å². The van der Waals surface area contributed by atoms with Crippen LogP contribution in [-0.2, 0) is 4.79 Å². The Hall–Kier alpha value is -2.11. The number of anilines is 2. The molecule has 0 radical (unpaired) electrons. The van der Waals surface area contributed by atoms with E-state index in [2.05, 4.69) is 16.0 Å². The zero-order chi connectivity index (χ0) is 16.7. The summed E-state index contributed by atoms with van der Waals surface area (Å²) >= 11 is 0. The van der Waals surface area contributed by atoms with Crippen molar-refractivity contribution in [1.29, 1.82) is 0 Å². The van der Waals surface area contributed by atoms with Crippen molar-refractivity contribution in [3.63, 3.8) is 0 Å². The largest absolute Gasteiger partial charge is 0.338 e. The van der Waals surface area contributed by atoms with Gasteiger partial charge in [0.1, 0.15) is 5.82 Å². The van der Waals surface area contributed by atoms with Crippen molar-refractivity contribution >= 4 is 23.3 Å². The molecule has 23 heavy (non-hydrogen) atoms. The number of urea groups is 1. The highest BCUT2D eigenvalue weighted by molar-refractivity contribution is 5.94. The maximum absolute atomic E-state index is 13.9. The molecule has 6 heteroatoms. The molecule has 0 aliphatic heterocycles. The number of carbonyl (C=O) groups is 2. The second-order valence-corrected chi connectivity index (χ2v) is 5.90. The fourth-order valence-electron chi connectivity index (χ4n) is 2.71. The monoisotopic (exact) mass is 321 g/mol. The fourth-order valence-corrected chi connectivity index (χ4v) is 2.71. The van der Waals surface area contributed by atoms with Gasteiger partial charge in [-0.05, 0) is 37.5 Å². The molecule has 126 valence electrons. The maximum Gasteiger partial charge on any atom is 0.319 e. The van der Waals surface area contributed by atoms with Crippen LogP contribution in [0.25, 0.3) is 0 Å². The van der Waals surface area contributed by atoms with Crippen LogP contribution in [0.4, 0.5) is 20.6 Å². The molecule has 0 bridgehead atoms.